The molecule has 1 aliphatic heterocycles. The van der Waals surface area contributed by atoms with Crippen molar-refractivity contribution in [1.82, 2.24) is 4.98 Å². The van der Waals surface area contributed by atoms with E-state index in [0.717, 1.165) is 38.4 Å². The van der Waals surface area contributed by atoms with E-state index in [1.54, 1.807) is 6.07 Å². The first-order valence-electron chi connectivity index (χ1n) is 5.57. The van der Waals surface area contributed by atoms with Gasteiger partial charge in [0.2, 0.25) is 0 Å². The maximum atomic E-state index is 8.70. The molecule has 84 valence electrons. The molecule has 4 heteroatoms. The maximum Gasteiger partial charge on any atom is 0.142 e. The van der Waals surface area contributed by atoms with E-state index in [1.165, 1.54) is 0 Å². The Morgan fingerprint density at radius 2 is 2.50 bits per heavy atom. The van der Waals surface area contributed by atoms with E-state index < -0.39 is 0 Å². The number of nitrogens with one attached hydrogen (secondary N) is 1. The Morgan fingerprint density at radius 3 is 3.25 bits per heavy atom. The van der Waals surface area contributed by atoms with Crippen LogP contribution < -0.4 is 5.32 Å². The van der Waals surface area contributed by atoms with Crippen LogP contribution in [0.25, 0.3) is 0 Å². The molecule has 4 nitrogen and oxygen atoms in total. The fourth-order valence-electron chi connectivity index (χ4n) is 1.81. The van der Waals surface area contributed by atoms with Crippen LogP contribution in [0.2, 0.25) is 0 Å². The van der Waals surface area contributed by atoms with E-state index in [-0.39, 0.29) is 0 Å². The van der Waals surface area contributed by atoms with Crippen molar-refractivity contribution in [3.05, 3.63) is 23.9 Å². The Hall–Kier alpha value is -1.60. The number of hydrogen-bond acceptors (Lipinski definition) is 4. The molecule has 0 spiro atoms. The summed E-state index contributed by atoms with van der Waals surface area (Å²) in [5.41, 5.74) is 0.453. The molecule has 0 saturated carbocycles. The van der Waals surface area contributed by atoms with Gasteiger partial charge in [-0.25, -0.2) is 4.98 Å². The van der Waals surface area contributed by atoms with Crippen LogP contribution in [0.4, 0.5) is 5.82 Å². The molecule has 2 rings (SSSR count). The Morgan fingerprint density at radius 1 is 1.56 bits per heavy atom. The number of aromatic nitrogens is 1. The van der Waals surface area contributed by atoms with Crippen molar-refractivity contribution in [1.29, 1.82) is 5.26 Å². The normalized spacial score (nSPS) is 19.3. The topological polar surface area (TPSA) is 57.9 Å². The van der Waals surface area contributed by atoms with E-state index in [0.29, 0.717) is 11.6 Å². The molecule has 0 aromatic carbocycles. The van der Waals surface area contributed by atoms with Gasteiger partial charge in [0.15, 0.2) is 0 Å². The number of nitriles is 1. The molecule has 1 unspecified atom stereocenters. The third-order valence-electron chi connectivity index (χ3n) is 2.75. The van der Waals surface area contributed by atoms with Crippen LogP contribution in [-0.4, -0.2) is 24.7 Å². The third kappa shape index (κ3) is 2.94. The molecule has 1 atom stereocenters. The fraction of sp³-hybridized carbons (Fsp3) is 0.500. The Bertz CT molecular complexity index is 380. The lowest BCUT2D eigenvalue weighted by molar-refractivity contribution is 0.185. The first-order chi connectivity index (χ1) is 7.88. The zero-order valence-corrected chi connectivity index (χ0v) is 9.15. The number of anilines is 1. The molecular formula is C12H15N3O. The number of rotatable bonds is 4. The molecule has 1 saturated heterocycles. The summed E-state index contributed by atoms with van der Waals surface area (Å²) < 4.78 is 5.31. The fourth-order valence-corrected chi connectivity index (χ4v) is 1.81. The zero-order chi connectivity index (χ0) is 11.2. The Balaban J connectivity index is 1.78. The lowest BCUT2D eigenvalue weighted by atomic mass is 10.1. The van der Waals surface area contributed by atoms with Crippen molar-refractivity contribution in [2.75, 3.05) is 25.1 Å². The van der Waals surface area contributed by atoms with Crippen molar-refractivity contribution in [2.24, 2.45) is 5.92 Å². The van der Waals surface area contributed by atoms with E-state index >= 15 is 0 Å². The van der Waals surface area contributed by atoms with Crippen molar-refractivity contribution >= 4 is 5.82 Å². The average Bonchev–Trinajstić information content (AvgIpc) is 2.82. The minimum absolute atomic E-state index is 0.453. The van der Waals surface area contributed by atoms with Gasteiger partial charge < -0.3 is 10.1 Å². The predicted molar refractivity (Wildman–Crippen MR) is 61.0 cm³/mol. The molecule has 1 aromatic heterocycles. The largest absolute Gasteiger partial charge is 0.381 e. The monoisotopic (exact) mass is 217 g/mol. The Kier molecular flexibility index (Phi) is 3.73. The van der Waals surface area contributed by atoms with Crippen LogP contribution in [0, 0.1) is 17.2 Å². The SMILES string of the molecule is N#Cc1cccc(NCCC2CCOC2)n1. The van der Waals surface area contributed by atoms with Gasteiger partial charge in [-0.2, -0.15) is 5.26 Å². The van der Waals surface area contributed by atoms with Crippen molar-refractivity contribution in [3.8, 4) is 6.07 Å². The van der Waals surface area contributed by atoms with Gasteiger partial charge in [-0.15, -0.1) is 0 Å². The molecule has 1 aromatic rings. The summed E-state index contributed by atoms with van der Waals surface area (Å²) in [6.45, 7) is 2.66. The smallest absolute Gasteiger partial charge is 0.142 e. The Labute approximate surface area is 95.3 Å². The van der Waals surface area contributed by atoms with Gasteiger partial charge in [0, 0.05) is 19.8 Å². The highest BCUT2D eigenvalue weighted by molar-refractivity contribution is 5.38. The zero-order valence-electron chi connectivity index (χ0n) is 9.15. The van der Waals surface area contributed by atoms with Crippen LogP contribution in [0.1, 0.15) is 18.5 Å². The maximum absolute atomic E-state index is 8.70. The molecule has 1 fully saturated rings. The molecular weight excluding hydrogens is 202 g/mol. The molecule has 2 heterocycles. The highest BCUT2D eigenvalue weighted by Crippen LogP contribution is 2.16. The second-order valence-electron chi connectivity index (χ2n) is 3.96. The first kappa shape index (κ1) is 10.9. The molecule has 0 aliphatic carbocycles. The minimum atomic E-state index is 0.453. The van der Waals surface area contributed by atoms with E-state index in [9.17, 15) is 0 Å². The minimum Gasteiger partial charge on any atom is -0.381 e. The van der Waals surface area contributed by atoms with Crippen LogP contribution in [-0.2, 0) is 4.74 Å². The van der Waals surface area contributed by atoms with Gasteiger partial charge in [-0.05, 0) is 30.9 Å². The molecule has 0 amide bonds. The molecule has 1 N–H and O–H groups in total. The summed E-state index contributed by atoms with van der Waals surface area (Å²) in [6, 6.07) is 7.45. The van der Waals surface area contributed by atoms with Gasteiger partial charge in [0.1, 0.15) is 17.6 Å². The molecule has 16 heavy (non-hydrogen) atoms. The number of hydrogen-bond donors (Lipinski definition) is 1. The van der Waals surface area contributed by atoms with E-state index in [1.807, 2.05) is 18.2 Å². The first-order valence-corrected chi connectivity index (χ1v) is 5.57. The summed E-state index contributed by atoms with van der Waals surface area (Å²) in [7, 11) is 0. The van der Waals surface area contributed by atoms with Crippen LogP contribution in [0.15, 0.2) is 18.2 Å². The van der Waals surface area contributed by atoms with Gasteiger partial charge in [-0.3, -0.25) is 0 Å². The summed E-state index contributed by atoms with van der Waals surface area (Å²) in [6.07, 6.45) is 2.26. The van der Waals surface area contributed by atoms with Crippen LogP contribution in [0.3, 0.4) is 0 Å². The lowest BCUT2D eigenvalue weighted by Crippen LogP contribution is -2.10. The summed E-state index contributed by atoms with van der Waals surface area (Å²) in [5, 5.41) is 11.9. The van der Waals surface area contributed by atoms with Gasteiger partial charge in [0.05, 0.1) is 0 Å². The van der Waals surface area contributed by atoms with Gasteiger partial charge >= 0.3 is 0 Å². The lowest BCUT2D eigenvalue weighted by Gasteiger charge is -2.08. The average molecular weight is 217 g/mol. The van der Waals surface area contributed by atoms with Crippen molar-refractivity contribution in [3.63, 3.8) is 0 Å². The van der Waals surface area contributed by atoms with Gasteiger partial charge in [-0.1, -0.05) is 6.07 Å². The summed E-state index contributed by atoms with van der Waals surface area (Å²) >= 11 is 0. The van der Waals surface area contributed by atoms with E-state index in [2.05, 4.69) is 10.3 Å². The highest BCUT2D eigenvalue weighted by atomic mass is 16.5. The highest BCUT2D eigenvalue weighted by Gasteiger charge is 2.14. The van der Waals surface area contributed by atoms with Crippen molar-refractivity contribution in [2.45, 2.75) is 12.8 Å². The molecule has 1 aliphatic rings. The molecule has 0 bridgehead atoms. The summed E-state index contributed by atoms with van der Waals surface area (Å²) in [4.78, 5) is 4.15. The van der Waals surface area contributed by atoms with E-state index in [4.69, 9.17) is 10.00 Å². The number of nitrogens with zero attached hydrogens (tertiary/aromatic N) is 2. The molecule has 0 radical (unpaired) electrons. The number of pyridine rings is 1. The predicted octanol–water partition coefficient (Wildman–Crippen LogP) is 1.79. The van der Waals surface area contributed by atoms with Crippen LogP contribution >= 0.6 is 0 Å². The summed E-state index contributed by atoms with van der Waals surface area (Å²) in [5.74, 6) is 1.45. The van der Waals surface area contributed by atoms with Crippen LogP contribution in [0.5, 0.6) is 0 Å². The number of ether oxygens (including phenoxy) is 1. The standard InChI is InChI=1S/C12H15N3O/c13-8-11-2-1-3-12(15-11)14-6-4-10-5-7-16-9-10/h1-3,10H,4-7,9H2,(H,14,15). The van der Waals surface area contributed by atoms with Crippen molar-refractivity contribution < 1.29 is 4.74 Å². The second kappa shape index (κ2) is 5.47. The quantitative estimate of drug-likeness (QED) is 0.835. The second-order valence-corrected chi connectivity index (χ2v) is 3.96. The third-order valence-corrected chi connectivity index (χ3v) is 2.75. The van der Waals surface area contributed by atoms with Gasteiger partial charge in [0.25, 0.3) is 0 Å².